The van der Waals surface area contributed by atoms with Crippen molar-refractivity contribution in [2.75, 3.05) is 54.5 Å². The molecule has 0 amide bonds. The van der Waals surface area contributed by atoms with Gasteiger partial charge in [-0.2, -0.15) is 0 Å². The molecule has 29 heavy (non-hydrogen) atoms. The molecule has 0 aliphatic heterocycles. The van der Waals surface area contributed by atoms with Gasteiger partial charge in [0.05, 0.1) is 12.8 Å². The summed E-state index contributed by atoms with van der Waals surface area (Å²) in [4.78, 5) is 29.1. The summed E-state index contributed by atoms with van der Waals surface area (Å²) in [7, 11) is 7.92. The van der Waals surface area contributed by atoms with Crippen molar-refractivity contribution in [1.82, 2.24) is 9.80 Å². The molecule has 4 aliphatic rings. The fourth-order valence-electron chi connectivity index (χ4n) is 6.46. The normalized spacial score (nSPS) is 32.3. The number of likely N-dealkylation sites (N-methyl/N-ethyl adjacent to an activating group) is 2. The fraction of sp³-hybridized carbons (Fsp3) is 0.909. The Balaban J connectivity index is 0.00000300. The van der Waals surface area contributed by atoms with Crippen LogP contribution in [0.1, 0.15) is 51.4 Å². The number of hydrogen-bond donors (Lipinski definition) is 0. The molecule has 4 saturated carbocycles. The van der Waals surface area contributed by atoms with Crippen molar-refractivity contribution >= 4 is 11.9 Å². The number of halogens is 1. The van der Waals surface area contributed by atoms with E-state index in [2.05, 4.69) is 0 Å². The van der Waals surface area contributed by atoms with Gasteiger partial charge in [0.2, 0.25) is 0 Å². The molecule has 0 aromatic rings. The molecule has 4 fully saturated rings. The molecule has 0 heterocycles. The van der Waals surface area contributed by atoms with E-state index >= 15 is 0 Å². The number of carbonyl (C=O) groups excluding carboxylic acids is 2. The molecule has 7 heteroatoms. The molecule has 0 saturated heterocycles. The van der Waals surface area contributed by atoms with E-state index < -0.39 is 0 Å². The number of rotatable bonds is 10. The topological polar surface area (TPSA) is 59.1 Å². The number of carbonyl (C=O) groups is 2. The zero-order valence-corrected chi connectivity index (χ0v) is 19.3. The van der Waals surface area contributed by atoms with E-state index in [9.17, 15) is 9.59 Å². The summed E-state index contributed by atoms with van der Waals surface area (Å²) in [6, 6.07) is 0. The summed E-state index contributed by atoms with van der Waals surface area (Å²) in [5, 5.41) is 0. The standard InChI is InChI=1S/C22H38N2O4.ClH/c1-23(2)5-7-27-19(25)14-21-10-17-9-18(11-21)13-22(12-17,16-21)15-20(26)28-8-6-24(3)4;/h17-18H,5-16H2,1-4H3;1H/p-1. The lowest BCUT2D eigenvalue weighted by Gasteiger charge is -2.62. The first-order chi connectivity index (χ1) is 13.2. The fourth-order valence-corrected chi connectivity index (χ4v) is 6.46. The summed E-state index contributed by atoms with van der Waals surface area (Å²) >= 11 is 0. The van der Waals surface area contributed by atoms with Gasteiger partial charge in [0.25, 0.3) is 0 Å². The highest BCUT2D eigenvalue weighted by Gasteiger charge is 2.58. The highest BCUT2D eigenvalue weighted by Crippen LogP contribution is 2.67. The second kappa shape index (κ2) is 9.97. The van der Waals surface area contributed by atoms with E-state index in [0.29, 0.717) is 37.9 Å². The zero-order chi connectivity index (χ0) is 20.4. The van der Waals surface area contributed by atoms with Gasteiger partial charge in [-0.1, -0.05) is 0 Å². The largest absolute Gasteiger partial charge is 1.00 e. The smallest absolute Gasteiger partial charge is 0.306 e. The van der Waals surface area contributed by atoms with Crippen molar-refractivity contribution in [2.24, 2.45) is 22.7 Å². The van der Waals surface area contributed by atoms with Gasteiger partial charge < -0.3 is 31.7 Å². The Labute approximate surface area is 182 Å². The number of nitrogens with zero attached hydrogens (tertiary/aromatic N) is 2. The highest BCUT2D eigenvalue weighted by molar-refractivity contribution is 5.71. The molecule has 4 rings (SSSR count). The predicted molar refractivity (Wildman–Crippen MR) is 108 cm³/mol. The summed E-state index contributed by atoms with van der Waals surface area (Å²) in [5.74, 6) is 1.19. The molecule has 0 aromatic carbocycles. The van der Waals surface area contributed by atoms with Gasteiger partial charge in [0.15, 0.2) is 0 Å². The molecule has 0 N–H and O–H groups in total. The maximum absolute atomic E-state index is 12.5. The lowest BCUT2D eigenvalue weighted by Crippen LogP contribution is -3.00. The second-order valence-electron chi connectivity index (χ2n) is 10.4. The molecule has 0 atom stereocenters. The molecule has 0 spiro atoms. The molecule has 0 radical (unpaired) electrons. The molecule has 4 bridgehead atoms. The Bertz CT molecular complexity index is 521. The SMILES string of the molecule is CN(C)CCOC(=O)CC12CC3CC(C1)CC(CC(=O)OCCN(C)C)(C3)C2.[Cl-]. The van der Waals surface area contributed by atoms with Gasteiger partial charge in [-0.3, -0.25) is 9.59 Å². The molecular weight excluding hydrogens is 392 g/mol. The van der Waals surface area contributed by atoms with Crippen molar-refractivity contribution in [2.45, 2.75) is 51.4 Å². The van der Waals surface area contributed by atoms with E-state index in [-0.39, 0.29) is 35.2 Å². The van der Waals surface area contributed by atoms with Crippen LogP contribution < -0.4 is 12.4 Å². The Hall–Kier alpha value is -0.850. The van der Waals surface area contributed by atoms with Crippen LogP contribution in [-0.4, -0.2) is 76.2 Å². The molecule has 0 unspecified atom stereocenters. The Morgan fingerprint density at radius 3 is 1.52 bits per heavy atom. The minimum Gasteiger partial charge on any atom is -1.00 e. The maximum atomic E-state index is 12.5. The van der Waals surface area contributed by atoms with Crippen LogP contribution in [0.5, 0.6) is 0 Å². The van der Waals surface area contributed by atoms with E-state index in [1.165, 1.54) is 6.42 Å². The first kappa shape index (κ1) is 24.4. The van der Waals surface area contributed by atoms with E-state index in [1.807, 2.05) is 38.0 Å². The van der Waals surface area contributed by atoms with Gasteiger partial charge in [-0.25, -0.2) is 0 Å². The van der Waals surface area contributed by atoms with Crippen LogP contribution in [0.2, 0.25) is 0 Å². The average Bonchev–Trinajstić information content (AvgIpc) is 2.51. The van der Waals surface area contributed by atoms with Crippen molar-refractivity contribution in [3.05, 3.63) is 0 Å². The van der Waals surface area contributed by atoms with Crippen LogP contribution in [0.25, 0.3) is 0 Å². The summed E-state index contributed by atoms with van der Waals surface area (Å²) in [5.41, 5.74) is 0.0897. The molecule has 0 aromatic heterocycles. The average molecular weight is 430 g/mol. The van der Waals surface area contributed by atoms with E-state index in [4.69, 9.17) is 9.47 Å². The van der Waals surface area contributed by atoms with Crippen LogP contribution in [-0.2, 0) is 19.1 Å². The number of esters is 2. The quantitative estimate of drug-likeness (QED) is 0.439. The number of hydrogen-bond acceptors (Lipinski definition) is 6. The maximum Gasteiger partial charge on any atom is 0.306 e. The van der Waals surface area contributed by atoms with Gasteiger partial charge in [-0.05, 0) is 89.4 Å². The first-order valence-corrected chi connectivity index (χ1v) is 10.8. The van der Waals surface area contributed by atoms with Gasteiger partial charge >= 0.3 is 11.9 Å². The lowest BCUT2D eigenvalue weighted by atomic mass is 9.43. The second-order valence-corrected chi connectivity index (χ2v) is 10.4. The number of ether oxygens (including phenoxy) is 2. The minimum atomic E-state index is -0.0625. The van der Waals surface area contributed by atoms with Crippen LogP contribution in [0.4, 0.5) is 0 Å². The summed E-state index contributed by atoms with van der Waals surface area (Å²) in [6.45, 7) is 2.43. The third-order valence-electron chi connectivity index (χ3n) is 6.95. The van der Waals surface area contributed by atoms with Gasteiger partial charge in [0, 0.05) is 13.1 Å². The van der Waals surface area contributed by atoms with Crippen molar-refractivity contribution in [3.8, 4) is 0 Å². The minimum absolute atomic E-state index is 0. The van der Waals surface area contributed by atoms with E-state index in [1.54, 1.807) is 0 Å². The van der Waals surface area contributed by atoms with Crippen LogP contribution in [0, 0.1) is 22.7 Å². The Morgan fingerprint density at radius 1 is 0.793 bits per heavy atom. The Morgan fingerprint density at radius 2 is 1.17 bits per heavy atom. The van der Waals surface area contributed by atoms with E-state index in [0.717, 1.165) is 45.2 Å². The summed E-state index contributed by atoms with van der Waals surface area (Å²) < 4.78 is 11.0. The van der Waals surface area contributed by atoms with Gasteiger partial charge in [0.1, 0.15) is 13.2 Å². The third kappa shape index (κ3) is 6.56. The van der Waals surface area contributed by atoms with Crippen molar-refractivity contribution in [3.63, 3.8) is 0 Å². The molecule has 6 nitrogen and oxygen atoms in total. The van der Waals surface area contributed by atoms with Crippen LogP contribution >= 0.6 is 0 Å². The lowest BCUT2D eigenvalue weighted by molar-refractivity contribution is -0.165. The molecule has 4 aliphatic carbocycles. The monoisotopic (exact) mass is 429 g/mol. The highest BCUT2D eigenvalue weighted by atomic mass is 35.5. The third-order valence-corrected chi connectivity index (χ3v) is 6.95. The summed E-state index contributed by atoms with van der Waals surface area (Å²) in [6.07, 6.45) is 7.81. The Kier molecular flexibility index (Phi) is 8.40. The predicted octanol–water partition coefficient (Wildman–Crippen LogP) is -0.433. The van der Waals surface area contributed by atoms with Crippen LogP contribution in [0.3, 0.4) is 0 Å². The molecule has 168 valence electrons. The first-order valence-electron chi connectivity index (χ1n) is 10.8. The van der Waals surface area contributed by atoms with Gasteiger partial charge in [-0.15, -0.1) is 0 Å². The van der Waals surface area contributed by atoms with Crippen molar-refractivity contribution < 1.29 is 31.5 Å². The van der Waals surface area contributed by atoms with Crippen molar-refractivity contribution in [1.29, 1.82) is 0 Å². The zero-order valence-electron chi connectivity index (χ0n) is 18.5. The molecular formula is C22H38ClN2O4-. The van der Waals surface area contributed by atoms with Crippen LogP contribution in [0.15, 0.2) is 0 Å².